The molecule has 2 aromatic carbocycles. The molecule has 0 saturated carbocycles. The van der Waals surface area contributed by atoms with Crippen LogP contribution in [0.3, 0.4) is 0 Å². The number of anilines is 1. The smallest absolute Gasteiger partial charge is 0.236 e. The highest BCUT2D eigenvalue weighted by atomic mass is 16.5. The van der Waals surface area contributed by atoms with E-state index in [1.807, 2.05) is 42.5 Å². The molecular weight excluding hydrogens is 328 g/mol. The first-order chi connectivity index (χ1) is 12.7. The number of carbonyl (C=O) groups is 1. The van der Waals surface area contributed by atoms with E-state index in [-0.39, 0.29) is 11.9 Å². The summed E-state index contributed by atoms with van der Waals surface area (Å²) in [6.45, 7) is 2.03. The van der Waals surface area contributed by atoms with Crippen LogP contribution in [-0.4, -0.2) is 32.2 Å². The summed E-state index contributed by atoms with van der Waals surface area (Å²) in [5, 5.41) is 6.57. The van der Waals surface area contributed by atoms with Gasteiger partial charge < -0.3 is 20.1 Å². The predicted octanol–water partition coefficient (Wildman–Crippen LogP) is 2.85. The van der Waals surface area contributed by atoms with Gasteiger partial charge in [0.15, 0.2) is 0 Å². The molecule has 0 bridgehead atoms. The molecule has 5 heteroatoms. The second kappa shape index (κ2) is 7.09. The number of para-hydroxylation sites is 1. The Balaban J connectivity index is 1.38. The van der Waals surface area contributed by atoms with Gasteiger partial charge in [-0.05, 0) is 48.7 Å². The average Bonchev–Trinajstić information content (AvgIpc) is 3.22. The summed E-state index contributed by atoms with van der Waals surface area (Å²) in [6.07, 6.45) is 1.64. The number of carbonyl (C=O) groups excluding carboxylic acids is 1. The van der Waals surface area contributed by atoms with Crippen molar-refractivity contribution in [1.82, 2.24) is 5.32 Å². The van der Waals surface area contributed by atoms with Crippen LogP contribution in [-0.2, 0) is 21.6 Å². The first-order valence-corrected chi connectivity index (χ1v) is 9.09. The van der Waals surface area contributed by atoms with Crippen molar-refractivity contribution in [2.24, 2.45) is 0 Å². The van der Waals surface area contributed by atoms with Gasteiger partial charge in [-0.3, -0.25) is 4.79 Å². The van der Waals surface area contributed by atoms with E-state index >= 15 is 0 Å². The number of methoxy groups -OCH3 is 1. The van der Waals surface area contributed by atoms with E-state index in [0.29, 0.717) is 13.2 Å². The Morgan fingerprint density at radius 3 is 2.77 bits per heavy atom. The maximum Gasteiger partial charge on any atom is 0.236 e. The minimum absolute atomic E-state index is 0.0991. The van der Waals surface area contributed by atoms with Crippen LogP contribution in [0.2, 0.25) is 0 Å². The number of fused-ring (bicyclic) bond motifs is 2. The van der Waals surface area contributed by atoms with Gasteiger partial charge in [0.25, 0.3) is 0 Å². The fourth-order valence-electron chi connectivity index (χ4n) is 4.18. The topological polar surface area (TPSA) is 59.6 Å². The summed E-state index contributed by atoms with van der Waals surface area (Å²) in [7, 11) is 1.66. The van der Waals surface area contributed by atoms with E-state index in [1.165, 1.54) is 0 Å². The molecule has 0 aliphatic carbocycles. The quantitative estimate of drug-likeness (QED) is 0.785. The van der Waals surface area contributed by atoms with Crippen LogP contribution in [0, 0.1) is 0 Å². The van der Waals surface area contributed by atoms with Crippen molar-refractivity contribution in [2.45, 2.75) is 30.9 Å². The van der Waals surface area contributed by atoms with E-state index < -0.39 is 5.41 Å². The van der Waals surface area contributed by atoms with Crippen LogP contribution < -0.4 is 15.4 Å². The summed E-state index contributed by atoms with van der Waals surface area (Å²) in [4.78, 5) is 12.8. The zero-order chi connectivity index (χ0) is 18.0. The van der Waals surface area contributed by atoms with Crippen molar-refractivity contribution < 1.29 is 14.3 Å². The number of amides is 1. The number of hydrogen-bond donors (Lipinski definition) is 2. The van der Waals surface area contributed by atoms with Crippen molar-refractivity contribution in [3.63, 3.8) is 0 Å². The standard InChI is InChI=1S/C21H24N2O3/c1-25-16-8-6-15(7-9-16)14-26-13-10-19-21(11-12-22-19)17-4-2-3-5-18(17)23-20(21)24/h2-9,19,22H,10-14H2,1H3,(H,23,24). The first-order valence-electron chi connectivity index (χ1n) is 9.09. The average molecular weight is 352 g/mol. The van der Waals surface area contributed by atoms with Gasteiger partial charge in [0.2, 0.25) is 5.91 Å². The molecule has 4 rings (SSSR count). The van der Waals surface area contributed by atoms with Gasteiger partial charge in [0.05, 0.1) is 19.1 Å². The van der Waals surface area contributed by atoms with E-state index in [1.54, 1.807) is 7.11 Å². The van der Waals surface area contributed by atoms with Crippen molar-refractivity contribution in [2.75, 3.05) is 25.6 Å². The molecule has 2 heterocycles. The SMILES string of the molecule is COc1ccc(COCCC2NCCC23C(=O)Nc2ccccc23)cc1. The molecule has 1 saturated heterocycles. The van der Waals surface area contributed by atoms with Gasteiger partial charge >= 0.3 is 0 Å². The third-order valence-electron chi connectivity index (χ3n) is 5.54. The number of benzene rings is 2. The van der Waals surface area contributed by atoms with Crippen LogP contribution in [0.5, 0.6) is 5.75 Å². The summed E-state index contributed by atoms with van der Waals surface area (Å²) >= 11 is 0. The molecule has 1 spiro atoms. The fourth-order valence-corrected chi connectivity index (χ4v) is 4.18. The lowest BCUT2D eigenvalue weighted by molar-refractivity contribution is -0.121. The van der Waals surface area contributed by atoms with Gasteiger partial charge in [-0.1, -0.05) is 30.3 Å². The van der Waals surface area contributed by atoms with Crippen LogP contribution in [0.1, 0.15) is 24.0 Å². The van der Waals surface area contributed by atoms with E-state index in [0.717, 1.165) is 42.0 Å². The molecule has 2 atom stereocenters. The molecule has 0 radical (unpaired) electrons. The van der Waals surface area contributed by atoms with Crippen LogP contribution in [0.4, 0.5) is 5.69 Å². The van der Waals surface area contributed by atoms with Gasteiger partial charge in [-0.2, -0.15) is 0 Å². The Labute approximate surface area is 153 Å². The molecule has 2 unspecified atom stereocenters. The third-order valence-corrected chi connectivity index (χ3v) is 5.54. The first kappa shape index (κ1) is 17.1. The summed E-state index contributed by atoms with van der Waals surface area (Å²) in [6, 6.07) is 16.0. The third kappa shape index (κ3) is 2.87. The fraction of sp³-hybridized carbons (Fsp3) is 0.381. The molecule has 2 aromatic rings. The normalized spacial score (nSPS) is 23.9. The second-order valence-electron chi connectivity index (χ2n) is 6.92. The Morgan fingerprint density at radius 2 is 1.96 bits per heavy atom. The number of nitrogens with one attached hydrogen (secondary N) is 2. The molecule has 1 amide bonds. The molecular formula is C21H24N2O3. The zero-order valence-electron chi connectivity index (χ0n) is 15.0. The number of hydrogen-bond acceptors (Lipinski definition) is 4. The Morgan fingerprint density at radius 1 is 1.15 bits per heavy atom. The lowest BCUT2D eigenvalue weighted by Crippen LogP contribution is -2.46. The summed E-state index contributed by atoms with van der Waals surface area (Å²) in [5.74, 6) is 0.959. The molecule has 2 N–H and O–H groups in total. The van der Waals surface area contributed by atoms with Crippen LogP contribution in [0.25, 0.3) is 0 Å². The van der Waals surface area contributed by atoms with Crippen molar-refractivity contribution in [1.29, 1.82) is 0 Å². The molecule has 1 fully saturated rings. The number of rotatable bonds is 6. The largest absolute Gasteiger partial charge is 0.497 e. The Bertz CT molecular complexity index is 790. The Hall–Kier alpha value is -2.37. The lowest BCUT2D eigenvalue weighted by Gasteiger charge is -2.29. The molecule has 0 aromatic heterocycles. The monoisotopic (exact) mass is 352 g/mol. The van der Waals surface area contributed by atoms with Crippen molar-refractivity contribution in [3.8, 4) is 5.75 Å². The summed E-state index contributed by atoms with van der Waals surface area (Å²) in [5.41, 5.74) is 2.73. The van der Waals surface area contributed by atoms with Gasteiger partial charge in [0.1, 0.15) is 5.75 Å². The molecule has 5 nitrogen and oxygen atoms in total. The van der Waals surface area contributed by atoms with Crippen molar-refractivity contribution >= 4 is 11.6 Å². The van der Waals surface area contributed by atoms with Gasteiger partial charge in [-0.15, -0.1) is 0 Å². The van der Waals surface area contributed by atoms with Crippen LogP contribution >= 0.6 is 0 Å². The summed E-state index contributed by atoms with van der Waals surface area (Å²) < 4.78 is 11.0. The minimum atomic E-state index is -0.458. The van der Waals surface area contributed by atoms with Crippen molar-refractivity contribution in [3.05, 3.63) is 59.7 Å². The molecule has 2 aliphatic rings. The second-order valence-corrected chi connectivity index (χ2v) is 6.92. The van der Waals surface area contributed by atoms with Gasteiger partial charge in [0, 0.05) is 18.3 Å². The molecule has 2 aliphatic heterocycles. The lowest BCUT2D eigenvalue weighted by atomic mass is 9.74. The minimum Gasteiger partial charge on any atom is -0.497 e. The Kier molecular flexibility index (Phi) is 4.66. The predicted molar refractivity (Wildman–Crippen MR) is 100 cm³/mol. The van der Waals surface area contributed by atoms with Gasteiger partial charge in [-0.25, -0.2) is 0 Å². The van der Waals surface area contributed by atoms with E-state index in [9.17, 15) is 4.79 Å². The highest BCUT2D eigenvalue weighted by Gasteiger charge is 2.54. The van der Waals surface area contributed by atoms with E-state index in [2.05, 4.69) is 16.7 Å². The molecule has 136 valence electrons. The maximum atomic E-state index is 12.8. The molecule has 26 heavy (non-hydrogen) atoms. The zero-order valence-corrected chi connectivity index (χ0v) is 15.0. The highest BCUT2D eigenvalue weighted by Crippen LogP contribution is 2.45. The number of ether oxygens (including phenoxy) is 2. The van der Waals surface area contributed by atoms with Crippen LogP contribution in [0.15, 0.2) is 48.5 Å². The highest BCUT2D eigenvalue weighted by molar-refractivity contribution is 6.07. The van der Waals surface area contributed by atoms with E-state index in [4.69, 9.17) is 9.47 Å². The maximum absolute atomic E-state index is 12.8.